The number of carbonyl (C=O) groups is 1. The molecule has 0 fully saturated rings. The minimum atomic E-state index is -4.01. The molecular weight excluding hydrogens is 564 g/mol. The Hall–Kier alpha value is -1.41. The number of aromatic nitrogens is 2. The van der Waals surface area contributed by atoms with Crippen LogP contribution in [0.25, 0.3) is 0 Å². The Morgan fingerprint density at radius 2 is 1.67 bits per heavy atom. The number of alkyl halides is 7. The van der Waals surface area contributed by atoms with Crippen LogP contribution in [-0.4, -0.2) is 31.9 Å². The highest BCUT2D eigenvalue weighted by Crippen LogP contribution is 2.32. The van der Waals surface area contributed by atoms with E-state index < -0.39 is 27.8 Å². The summed E-state index contributed by atoms with van der Waals surface area (Å²) in [6, 6.07) is 2.74. The van der Waals surface area contributed by atoms with E-state index in [0.717, 1.165) is 17.3 Å². The van der Waals surface area contributed by atoms with Crippen LogP contribution in [0.1, 0.15) is 39.0 Å². The minimum Gasteiger partial charge on any atom is -0.331 e. The quantitative estimate of drug-likeness (QED) is 0.166. The van der Waals surface area contributed by atoms with Gasteiger partial charge in [-0.25, -0.2) is 0 Å². The van der Waals surface area contributed by atoms with Gasteiger partial charge in [0.1, 0.15) is 17.7 Å². The molecule has 0 aromatic carbocycles. The van der Waals surface area contributed by atoms with Gasteiger partial charge in [-0.05, 0) is 34.2 Å². The molecule has 0 saturated carbocycles. The summed E-state index contributed by atoms with van der Waals surface area (Å²) in [7, 11) is 1.44. The molecule has 0 unspecified atom stereocenters. The van der Waals surface area contributed by atoms with Crippen LogP contribution in [0.2, 0.25) is 0 Å². The molecule has 13 heteroatoms. The van der Waals surface area contributed by atoms with Crippen LogP contribution in [0.5, 0.6) is 0 Å². The summed E-state index contributed by atoms with van der Waals surface area (Å²) in [6.07, 6.45) is 1.19. The second-order valence-corrected chi connectivity index (χ2v) is 6.74. The first-order chi connectivity index (χ1) is 13.7. The molecule has 1 heterocycles. The number of ketones is 1. The lowest BCUT2D eigenvalue weighted by Gasteiger charge is -2.02. The van der Waals surface area contributed by atoms with Crippen LogP contribution < -0.4 is 5.73 Å². The van der Waals surface area contributed by atoms with Gasteiger partial charge in [0.05, 0.1) is 5.57 Å². The molecule has 2 N–H and O–H groups in total. The zero-order valence-corrected chi connectivity index (χ0v) is 20.8. The molecule has 0 aliphatic rings. The topological polar surface area (TPSA) is 108 Å². The normalized spacial score (nSPS) is 9.30. The van der Waals surface area contributed by atoms with Crippen LogP contribution in [0.15, 0.2) is 18.3 Å². The Bertz CT molecular complexity index is 703. The SMILES string of the molecule is C=C(C#N)C(=O)C(F)(F)Cl.CC.CCI.CCN.Cn1cc(C#N)c(C(F)(F)Cl)n1. The van der Waals surface area contributed by atoms with Gasteiger partial charge in [0.2, 0.25) is 0 Å². The Morgan fingerprint density at radius 3 is 1.83 bits per heavy atom. The molecule has 172 valence electrons. The van der Waals surface area contributed by atoms with Crippen molar-refractivity contribution in [3.63, 3.8) is 0 Å². The van der Waals surface area contributed by atoms with E-state index in [0.29, 0.717) is 0 Å². The van der Waals surface area contributed by atoms with Crippen molar-refractivity contribution in [2.75, 3.05) is 11.0 Å². The lowest BCUT2D eigenvalue weighted by molar-refractivity contribution is -0.128. The first-order valence-corrected chi connectivity index (χ1v) is 10.4. The number of hydrogen-bond acceptors (Lipinski definition) is 5. The van der Waals surface area contributed by atoms with Crippen LogP contribution in [0, 0.1) is 22.7 Å². The van der Waals surface area contributed by atoms with E-state index in [9.17, 15) is 22.4 Å². The van der Waals surface area contributed by atoms with Crippen LogP contribution >= 0.6 is 45.8 Å². The fraction of sp³-hybridized carbons (Fsp3) is 0.529. The van der Waals surface area contributed by atoms with E-state index in [1.165, 1.54) is 17.7 Å². The summed E-state index contributed by atoms with van der Waals surface area (Å²) in [5.41, 5.74) is 3.09. The van der Waals surface area contributed by atoms with Crippen molar-refractivity contribution in [2.24, 2.45) is 12.8 Å². The number of allylic oxidation sites excluding steroid dienone is 1. The van der Waals surface area contributed by atoms with Crippen LogP contribution in [-0.2, 0) is 17.2 Å². The van der Waals surface area contributed by atoms with Gasteiger partial charge in [0.25, 0.3) is 5.78 Å². The van der Waals surface area contributed by atoms with Gasteiger partial charge in [0, 0.05) is 13.2 Å². The molecule has 6 nitrogen and oxygen atoms in total. The van der Waals surface area contributed by atoms with Gasteiger partial charge < -0.3 is 5.73 Å². The number of rotatable bonds is 3. The van der Waals surface area contributed by atoms with Gasteiger partial charge in [-0.2, -0.15) is 33.2 Å². The lowest BCUT2D eigenvalue weighted by Crippen LogP contribution is -2.22. The summed E-state index contributed by atoms with van der Waals surface area (Å²) in [5, 5.41) is 12.1. The maximum absolute atomic E-state index is 12.5. The maximum atomic E-state index is 12.5. The van der Waals surface area contributed by atoms with E-state index in [2.05, 4.69) is 52.8 Å². The first-order valence-electron chi connectivity index (χ1n) is 8.15. The number of nitriles is 2. The van der Waals surface area contributed by atoms with Gasteiger partial charge in [-0.3, -0.25) is 9.48 Å². The Labute approximate surface area is 197 Å². The number of aryl methyl sites for hydroxylation is 1. The molecule has 1 aromatic heterocycles. The number of hydrogen-bond donors (Lipinski definition) is 1. The third-order valence-electron chi connectivity index (χ3n) is 1.88. The number of nitrogens with two attached hydrogens (primary N) is 1. The molecule has 0 amide bonds. The van der Waals surface area contributed by atoms with E-state index in [4.69, 9.17) is 27.9 Å². The fourth-order valence-electron chi connectivity index (χ4n) is 1.00. The number of Topliss-reactive ketones (excluding diaryl/α,β-unsaturated/α-hetero) is 1. The number of carbonyl (C=O) groups excluding carboxylic acids is 1. The van der Waals surface area contributed by atoms with E-state index in [1.54, 1.807) is 6.07 Å². The standard InChI is InChI=1S/C6H4ClF2N3.C5H2ClF2NO.C2H5I.C2H7N.C2H6/c1-12-3-4(2-10)5(11-12)6(7,8)9;1-3(2-9)4(10)5(6,7)8;2*1-2-3;1-2/h3H,1H3;1H2;2H2,1H3;2-3H2,1H3;1-2H3. The molecular formula is C17H24Cl2F4IN5O. The molecule has 0 aliphatic carbocycles. The van der Waals surface area contributed by atoms with Gasteiger partial charge in [-0.15, -0.1) is 0 Å². The molecule has 1 rings (SSSR count). The molecule has 0 spiro atoms. The Morgan fingerprint density at radius 1 is 1.30 bits per heavy atom. The van der Waals surface area contributed by atoms with Crippen molar-refractivity contribution in [2.45, 2.75) is 38.5 Å². The van der Waals surface area contributed by atoms with Crippen molar-refractivity contribution in [3.05, 3.63) is 29.6 Å². The monoisotopic (exact) mass is 587 g/mol. The fourth-order valence-corrected chi connectivity index (χ4v) is 1.26. The third kappa shape index (κ3) is 18.6. The lowest BCUT2D eigenvalue weighted by atomic mass is 10.2. The summed E-state index contributed by atoms with van der Waals surface area (Å²) >= 11 is 11.2. The maximum Gasteiger partial charge on any atom is 0.385 e. The highest BCUT2D eigenvalue weighted by atomic mass is 127. The highest BCUT2D eigenvalue weighted by molar-refractivity contribution is 14.1. The molecule has 1 aromatic rings. The first kappa shape index (κ1) is 36.0. The van der Waals surface area contributed by atoms with Gasteiger partial charge in [-0.1, -0.05) is 56.9 Å². The van der Waals surface area contributed by atoms with Crippen LogP contribution in [0.4, 0.5) is 17.6 Å². The summed E-state index contributed by atoms with van der Waals surface area (Å²) in [5.74, 6) is -1.75. The predicted molar refractivity (Wildman–Crippen MR) is 119 cm³/mol. The molecule has 0 atom stereocenters. The number of halogens is 7. The molecule has 0 radical (unpaired) electrons. The van der Waals surface area contributed by atoms with Gasteiger partial charge >= 0.3 is 10.8 Å². The van der Waals surface area contributed by atoms with Crippen molar-refractivity contribution >= 4 is 51.6 Å². The summed E-state index contributed by atoms with van der Waals surface area (Å²) in [6.45, 7) is 11.5. The largest absolute Gasteiger partial charge is 0.385 e. The average Bonchev–Trinajstić information content (AvgIpc) is 3.04. The molecule has 0 saturated heterocycles. The number of nitrogens with zero attached hydrogens (tertiary/aromatic N) is 4. The molecule has 0 aliphatic heterocycles. The smallest absolute Gasteiger partial charge is 0.331 e. The molecule has 30 heavy (non-hydrogen) atoms. The third-order valence-corrected chi connectivity index (χ3v) is 2.23. The van der Waals surface area contributed by atoms with Crippen molar-refractivity contribution in [1.82, 2.24) is 9.78 Å². The van der Waals surface area contributed by atoms with E-state index >= 15 is 0 Å². The zero-order valence-electron chi connectivity index (χ0n) is 17.1. The van der Waals surface area contributed by atoms with E-state index in [-0.39, 0.29) is 5.56 Å². The second-order valence-electron chi connectivity index (χ2n) is 4.27. The Kier molecular flexibility index (Phi) is 23.5. The van der Waals surface area contributed by atoms with Crippen molar-refractivity contribution in [3.8, 4) is 12.1 Å². The predicted octanol–water partition coefficient (Wildman–Crippen LogP) is 5.48. The second kappa shape index (κ2) is 19.5. The minimum absolute atomic E-state index is 0.211. The Balaban J connectivity index is -0.000000169. The zero-order chi connectivity index (χ0) is 25.1. The van der Waals surface area contributed by atoms with Crippen LogP contribution in [0.3, 0.4) is 0 Å². The van der Waals surface area contributed by atoms with Gasteiger partial charge in [0.15, 0.2) is 5.69 Å². The summed E-state index contributed by atoms with van der Waals surface area (Å²) < 4.78 is 50.8. The van der Waals surface area contributed by atoms with Crippen molar-refractivity contribution < 1.29 is 22.4 Å². The summed E-state index contributed by atoms with van der Waals surface area (Å²) in [4.78, 5) is 10.2. The van der Waals surface area contributed by atoms with Crippen molar-refractivity contribution in [1.29, 1.82) is 10.5 Å². The average molecular weight is 588 g/mol. The van der Waals surface area contributed by atoms with E-state index in [1.807, 2.05) is 20.8 Å². The molecule has 0 bridgehead atoms. The highest BCUT2D eigenvalue weighted by Gasteiger charge is 2.37.